The molecule has 0 unspecified atom stereocenters. The van der Waals surface area contributed by atoms with E-state index in [1.807, 2.05) is 6.07 Å². The minimum atomic E-state index is -5.98. The number of carbonyl (C=O) groups is 1. The number of halogens is 6. The number of ether oxygens (including phenoxy) is 1. The molecule has 2 aromatic rings. The summed E-state index contributed by atoms with van der Waals surface area (Å²) in [6, 6.07) is 10.1. The predicted octanol–water partition coefficient (Wildman–Crippen LogP) is 4.31. The summed E-state index contributed by atoms with van der Waals surface area (Å²) in [6.45, 7) is 2.18. The summed E-state index contributed by atoms with van der Waals surface area (Å²) in [6.07, 6.45) is -12.0. The molecule has 0 aliphatic carbocycles. The van der Waals surface area contributed by atoms with Gasteiger partial charge in [-0.2, -0.15) is 26.3 Å². The Morgan fingerprint density at radius 2 is 1.47 bits per heavy atom. The maximum Gasteiger partial charge on any atom is 0.430 e. The molecule has 2 aromatic carbocycles. The van der Waals surface area contributed by atoms with Crippen molar-refractivity contribution in [2.45, 2.75) is 38.3 Å². The first-order valence-electron chi connectivity index (χ1n) is 8.68. The van der Waals surface area contributed by atoms with Gasteiger partial charge in [-0.1, -0.05) is 30.3 Å². The number of hydrogen-bond donors (Lipinski definition) is 2. The highest BCUT2D eigenvalue weighted by molar-refractivity contribution is 5.77. The third-order valence-corrected chi connectivity index (χ3v) is 4.38. The van der Waals surface area contributed by atoms with E-state index < -0.39 is 36.0 Å². The largest absolute Gasteiger partial charge is 0.483 e. The number of carbonyl (C=O) groups excluding carboxylic acids is 1. The van der Waals surface area contributed by atoms with Gasteiger partial charge in [0.25, 0.3) is 11.5 Å². The van der Waals surface area contributed by atoms with Gasteiger partial charge in [0.1, 0.15) is 5.75 Å². The molecule has 1 amide bonds. The normalized spacial score (nSPS) is 12.6. The van der Waals surface area contributed by atoms with Crippen molar-refractivity contribution in [3.8, 4) is 5.75 Å². The predicted molar refractivity (Wildman–Crippen MR) is 95.7 cm³/mol. The number of rotatable bonds is 6. The van der Waals surface area contributed by atoms with Crippen LogP contribution in [0, 0.1) is 13.8 Å². The zero-order valence-corrected chi connectivity index (χ0v) is 16.0. The van der Waals surface area contributed by atoms with E-state index >= 15 is 0 Å². The van der Waals surface area contributed by atoms with Crippen LogP contribution in [0.3, 0.4) is 0 Å². The lowest BCUT2D eigenvalue weighted by Crippen LogP contribution is -2.54. The summed E-state index contributed by atoms with van der Waals surface area (Å²) < 4.78 is 83.7. The average Bonchev–Trinajstić information content (AvgIpc) is 2.63. The molecule has 2 rings (SSSR count). The first-order valence-corrected chi connectivity index (χ1v) is 8.68. The number of aliphatic hydroxyl groups is 1. The van der Waals surface area contributed by atoms with Crippen molar-refractivity contribution in [2.24, 2.45) is 0 Å². The average molecular weight is 435 g/mol. The summed E-state index contributed by atoms with van der Waals surface area (Å²) >= 11 is 0. The summed E-state index contributed by atoms with van der Waals surface area (Å²) in [4.78, 5) is 11.9. The topological polar surface area (TPSA) is 58.6 Å². The van der Waals surface area contributed by atoms with Gasteiger partial charge in [-0.05, 0) is 42.7 Å². The first-order chi connectivity index (χ1) is 13.8. The Morgan fingerprint density at radius 3 is 1.93 bits per heavy atom. The van der Waals surface area contributed by atoms with Gasteiger partial charge in [0.05, 0.1) is 0 Å². The van der Waals surface area contributed by atoms with Crippen molar-refractivity contribution in [1.29, 1.82) is 0 Å². The lowest BCUT2D eigenvalue weighted by Gasteiger charge is -2.33. The van der Waals surface area contributed by atoms with Crippen LogP contribution in [0.2, 0.25) is 0 Å². The monoisotopic (exact) mass is 435 g/mol. The zero-order chi connectivity index (χ0) is 22.7. The van der Waals surface area contributed by atoms with E-state index in [0.29, 0.717) is 12.1 Å². The molecule has 0 aliphatic rings. The highest BCUT2D eigenvalue weighted by Gasteiger charge is 2.71. The molecule has 4 nitrogen and oxygen atoms in total. The molecule has 0 aliphatic heterocycles. The smallest absolute Gasteiger partial charge is 0.430 e. The van der Waals surface area contributed by atoms with Crippen molar-refractivity contribution in [2.75, 3.05) is 6.61 Å². The van der Waals surface area contributed by atoms with Gasteiger partial charge < -0.3 is 15.2 Å². The van der Waals surface area contributed by atoms with Gasteiger partial charge in [-0.15, -0.1) is 0 Å². The minimum absolute atomic E-state index is 0.0414. The lowest BCUT2D eigenvalue weighted by atomic mass is 9.89. The van der Waals surface area contributed by atoms with Crippen molar-refractivity contribution in [3.05, 3.63) is 64.7 Å². The van der Waals surface area contributed by atoms with Crippen LogP contribution in [-0.4, -0.2) is 30.0 Å². The van der Waals surface area contributed by atoms with Crippen LogP contribution in [0.25, 0.3) is 0 Å². The molecule has 10 heteroatoms. The molecule has 0 radical (unpaired) electrons. The number of hydrogen-bond acceptors (Lipinski definition) is 3. The van der Waals surface area contributed by atoms with Crippen LogP contribution in [0.5, 0.6) is 5.75 Å². The van der Waals surface area contributed by atoms with Crippen LogP contribution < -0.4 is 10.1 Å². The van der Waals surface area contributed by atoms with Crippen LogP contribution in [0.4, 0.5) is 26.3 Å². The second-order valence-corrected chi connectivity index (χ2v) is 6.70. The molecule has 0 saturated heterocycles. The van der Waals surface area contributed by atoms with Crippen LogP contribution in [0.15, 0.2) is 42.5 Å². The molecule has 30 heavy (non-hydrogen) atoms. The summed E-state index contributed by atoms with van der Waals surface area (Å²) in [5.41, 5.74) is -5.75. The number of benzene rings is 2. The van der Waals surface area contributed by atoms with E-state index in [9.17, 15) is 36.2 Å². The molecule has 0 fully saturated rings. The third-order valence-electron chi connectivity index (χ3n) is 4.38. The highest BCUT2D eigenvalue weighted by Crippen LogP contribution is 2.50. The standard InChI is InChI=1S/C20H19F6NO3/c1-12-8-15(18(29,19(21,22)23)20(24,25)26)9-13(2)17(12)30-11-16(28)27-10-14-6-4-3-5-7-14/h3-9,29H,10-11H2,1-2H3,(H,27,28). The van der Waals surface area contributed by atoms with E-state index in [0.717, 1.165) is 5.56 Å². The fourth-order valence-corrected chi connectivity index (χ4v) is 2.86. The molecule has 0 atom stereocenters. The fourth-order valence-electron chi connectivity index (χ4n) is 2.86. The maximum absolute atomic E-state index is 13.1. The van der Waals surface area contributed by atoms with Gasteiger partial charge in [0.2, 0.25) is 0 Å². The Kier molecular flexibility index (Phi) is 6.70. The molecule has 0 aromatic heterocycles. The summed E-state index contributed by atoms with van der Waals surface area (Å²) in [5, 5.41) is 12.1. The van der Waals surface area contributed by atoms with Gasteiger partial charge in [0, 0.05) is 12.1 Å². The highest BCUT2D eigenvalue weighted by atomic mass is 19.4. The number of amides is 1. The Hall–Kier alpha value is -2.75. The van der Waals surface area contributed by atoms with Crippen molar-refractivity contribution in [1.82, 2.24) is 5.32 Å². The van der Waals surface area contributed by atoms with E-state index in [1.54, 1.807) is 24.3 Å². The molecule has 2 N–H and O–H groups in total. The number of aryl methyl sites for hydroxylation is 2. The lowest BCUT2D eigenvalue weighted by molar-refractivity contribution is -0.376. The SMILES string of the molecule is Cc1cc(C(O)(C(F)(F)F)C(F)(F)F)cc(C)c1OCC(=O)NCc1ccccc1. The minimum Gasteiger partial charge on any atom is -0.483 e. The molecule has 164 valence electrons. The molecule has 0 spiro atoms. The Morgan fingerprint density at radius 1 is 0.967 bits per heavy atom. The second-order valence-electron chi connectivity index (χ2n) is 6.70. The van der Waals surface area contributed by atoms with Crippen molar-refractivity contribution in [3.63, 3.8) is 0 Å². The first kappa shape index (κ1) is 23.5. The Balaban J connectivity index is 2.17. The fraction of sp³-hybridized carbons (Fsp3) is 0.350. The van der Waals surface area contributed by atoms with Crippen molar-refractivity contribution < 1.29 is 41.0 Å². The number of alkyl halides is 6. The summed E-state index contributed by atoms with van der Waals surface area (Å²) in [7, 11) is 0. The third kappa shape index (κ3) is 4.86. The van der Waals surface area contributed by atoms with Crippen LogP contribution in [0.1, 0.15) is 22.3 Å². The molecular formula is C20H19F6NO3. The number of nitrogens with one attached hydrogen (secondary N) is 1. The van der Waals surface area contributed by atoms with E-state index in [-0.39, 0.29) is 23.4 Å². The van der Waals surface area contributed by atoms with Gasteiger partial charge in [0.15, 0.2) is 6.61 Å². The Labute approximate surface area is 168 Å². The second kappa shape index (κ2) is 8.55. The van der Waals surface area contributed by atoms with Gasteiger partial charge in [-0.25, -0.2) is 0 Å². The zero-order valence-electron chi connectivity index (χ0n) is 16.0. The Bertz CT molecular complexity index is 857. The molecule has 0 heterocycles. The molecule has 0 saturated carbocycles. The van der Waals surface area contributed by atoms with E-state index in [1.165, 1.54) is 13.8 Å². The van der Waals surface area contributed by atoms with E-state index in [4.69, 9.17) is 4.74 Å². The summed E-state index contributed by atoms with van der Waals surface area (Å²) in [5.74, 6) is -0.566. The van der Waals surface area contributed by atoms with Crippen molar-refractivity contribution >= 4 is 5.91 Å². The van der Waals surface area contributed by atoms with Gasteiger partial charge in [-0.3, -0.25) is 4.79 Å². The molecule has 0 bridgehead atoms. The molecular weight excluding hydrogens is 416 g/mol. The quantitative estimate of drug-likeness (QED) is 0.665. The van der Waals surface area contributed by atoms with Gasteiger partial charge >= 0.3 is 12.4 Å². The van der Waals surface area contributed by atoms with E-state index in [2.05, 4.69) is 5.32 Å². The van der Waals surface area contributed by atoms with Crippen LogP contribution >= 0.6 is 0 Å². The maximum atomic E-state index is 13.1. The van der Waals surface area contributed by atoms with Crippen LogP contribution in [-0.2, 0) is 16.9 Å².